The van der Waals surface area contributed by atoms with Crippen LogP contribution in [0.15, 0.2) is 47.1 Å². The third-order valence-corrected chi connectivity index (χ3v) is 5.46. The second-order valence-electron chi connectivity index (χ2n) is 7.04. The Balaban J connectivity index is 1.49. The van der Waals surface area contributed by atoms with Crippen molar-refractivity contribution >= 4 is 39.0 Å². The number of nitrogens with one attached hydrogen (secondary N) is 1. The number of halogens is 1. The molecule has 0 radical (unpaired) electrons. The lowest BCUT2D eigenvalue weighted by molar-refractivity contribution is -0.122. The Hall–Kier alpha value is -2.80. The molecule has 0 spiro atoms. The molecule has 0 saturated carbocycles. The zero-order valence-corrected chi connectivity index (χ0v) is 17.6. The number of hydrogen-bond acceptors (Lipinski definition) is 4. The number of aromatic nitrogens is 1. The zero-order chi connectivity index (χ0) is 20.4. The van der Waals surface area contributed by atoms with Crippen LogP contribution in [0.4, 0.5) is 0 Å². The zero-order valence-electron chi connectivity index (χ0n) is 16.0. The molecule has 4 rings (SSSR count). The molecule has 6 nitrogen and oxygen atoms in total. The Morgan fingerprint density at radius 2 is 2.00 bits per heavy atom. The quantitative estimate of drug-likeness (QED) is 0.582. The van der Waals surface area contributed by atoms with Crippen molar-refractivity contribution in [1.29, 1.82) is 0 Å². The van der Waals surface area contributed by atoms with E-state index >= 15 is 0 Å². The molecule has 150 valence electrons. The van der Waals surface area contributed by atoms with Gasteiger partial charge in [-0.3, -0.25) is 9.59 Å². The standard InChI is InChI=1S/C22H21BrN2O4/c1-14(15-3-6-20-21(9-15)29-8-2-7-28-20)24-22(27)12-25-11-16(13-26)18-10-17(23)4-5-19(18)25/h3-6,9-11,13-14H,2,7-8,12H2,1H3,(H,24,27)/t14-/m0/s1. The van der Waals surface area contributed by atoms with Crippen LogP contribution in [0.5, 0.6) is 11.5 Å². The third-order valence-electron chi connectivity index (χ3n) is 4.96. The summed E-state index contributed by atoms with van der Waals surface area (Å²) in [5, 5.41) is 3.83. The maximum absolute atomic E-state index is 12.7. The summed E-state index contributed by atoms with van der Waals surface area (Å²) >= 11 is 3.42. The van der Waals surface area contributed by atoms with Crippen LogP contribution in [0, 0.1) is 0 Å². The molecular formula is C22H21BrN2O4. The number of carbonyl (C=O) groups excluding carboxylic acids is 2. The maximum Gasteiger partial charge on any atom is 0.240 e. The van der Waals surface area contributed by atoms with Crippen LogP contribution in [0.25, 0.3) is 10.9 Å². The minimum absolute atomic E-state index is 0.126. The van der Waals surface area contributed by atoms with Gasteiger partial charge in [-0.1, -0.05) is 22.0 Å². The Morgan fingerprint density at radius 1 is 1.21 bits per heavy atom. The molecule has 0 bridgehead atoms. The Morgan fingerprint density at radius 3 is 2.79 bits per heavy atom. The molecule has 1 N–H and O–H groups in total. The van der Waals surface area contributed by atoms with E-state index in [0.29, 0.717) is 24.5 Å². The summed E-state index contributed by atoms with van der Waals surface area (Å²) < 4.78 is 14.1. The molecule has 3 aromatic rings. The van der Waals surface area contributed by atoms with E-state index in [1.54, 1.807) is 10.8 Å². The van der Waals surface area contributed by atoms with E-state index in [1.165, 1.54) is 0 Å². The summed E-state index contributed by atoms with van der Waals surface area (Å²) in [5.74, 6) is 1.30. The van der Waals surface area contributed by atoms with Gasteiger partial charge in [0.05, 0.1) is 19.3 Å². The number of amides is 1. The highest BCUT2D eigenvalue weighted by molar-refractivity contribution is 9.10. The van der Waals surface area contributed by atoms with Gasteiger partial charge in [0.2, 0.25) is 5.91 Å². The number of carbonyl (C=O) groups is 2. The van der Waals surface area contributed by atoms with Crippen molar-refractivity contribution in [3.8, 4) is 11.5 Å². The molecule has 0 fully saturated rings. The maximum atomic E-state index is 12.7. The van der Waals surface area contributed by atoms with Gasteiger partial charge in [-0.25, -0.2) is 0 Å². The lowest BCUT2D eigenvalue weighted by Gasteiger charge is -2.17. The van der Waals surface area contributed by atoms with E-state index in [0.717, 1.165) is 39.4 Å². The predicted molar refractivity (Wildman–Crippen MR) is 114 cm³/mol. The summed E-state index contributed by atoms with van der Waals surface area (Å²) in [6, 6.07) is 11.2. The minimum atomic E-state index is -0.193. The van der Waals surface area contributed by atoms with Crippen molar-refractivity contribution in [2.45, 2.75) is 25.9 Å². The van der Waals surface area contributed by atoms with Gasteiger partial charge in [0.15, 0.2) is 17.8 Å². The molecule has 2 heterocycles. The SMILES string of the molecule is C[C@H](NC(=O)Cn1cc(C=O)c2cc(Br)ccc21)c1ccc2c(c1)OCCCO2. The van der Waals surface area contributed by atoms with Crippen molar-refractivity contribution in [3.05, 3.63) is 58.2 Å². The Bertz CT molecular complexity index is 1080. The van der Waals surface area contributed by atoms with E-state index in [2.05, 4.69) is 21.2 Å². The topological polar surface area (TPSA) is 69.6 Å². The second kappa shape index (κ2) is 8.29. The van der Waals surface area contributed by atoms with Crippen LogP contribution in [-0.4, -0.2) is 30.0 Å². The van der Waals surface area contributed by atoms with Crippen LogP contribution in [0.3, 0.4) is 0 Å². The van der Waals surface area contributed by atoms with Crippen LogP contribution in [-0.2, 0) is 11.3 Å². The predicted octanol–water partition coefficient (Wildman–Crippen LogP) is 4.26. The van der Waals surface area contributed by atoms with Crippen LogP contribution >= 0.6 is 15.9 Å². The summed E-state index contributed by atoms with van der Waals surface area (Å²) in [7, 11) is 0. The highest BCUT2D eigenvalue weighted by atomic mass is 79.9. The number of fused-ring (bicyclic) bond motifs is 2. The van der Waals surface area contributed by atoms with Crippen LogP contribution in [0.1, 0.15) is 35.3 Å². The van der Waals surface area contributed by atoms with Gasteiger partial charge in [-0.15, -0.1) is 0 Å². The summed E-state index contributed by atoms with van der Waals surface area (Å²) in [5.41, 5.74) is 2.34. The van der Waals surface area contributed by atoms with Gasteiger partial charge >= 0.3 is 0 Å². The van der Waals surface area contributed by atoms with E-state index in [1.807, 2.05) is 43.3 Å². The first-order chi connectivity index (χ1) is 14.0. The fraction of sp³-hybridized carbons (Fsp3) is 0.273. The lowest BCUT2D eigenvalue weighted by Crippen LogP contribution is -2.29. The van der Waals surface area contributed by atoms with Crippen molar-refractivity contribution in [3.63, 3.8) is 0 Å². The fourth-order valence-electron chi connectivity index (χ4n) is 3.50. The first kappa shape index (κ1) is 19.5. The number of ether oxygens (including phenoxy) is 2. The molecule has 29 heavy (non-hydrogen) atoms. The van der Waals surface area contributed by atoms with Crippen molar-refractivity contribution < 1.29 is 19.1 Å². The smallest absolute Gasteiger partial charge is 0.240 e. The summed E-state index contributed by atoms with van der Waals surface area (Å²) in [6.45, 7) is 3.32. The number of benzene rings is 2. The van der Waals surface area contributed by atoms with Gasteiger partial charge in [-0.05, 0) is 42.8 Å². The normalized spacial score (nSPS) is 14.3. The molecule has 1 atom stereocenters. The number of rotatable bonds is 5. The highest BCUT2D eigenvalue weighted by Gasteiger charge is 2.16. The van der Waals surface area contributed by atoms with E-state index < -0.39 is 0 Å². The van der Waals surface area contributed by atoms with E-state index in [9.17, 15) is 9.59 Å². The highest BCUT2D eigenvalue weighted by Crippen LogP contribution is 2.32. The molecule has 1 amide bonds. The van der Waals surface area contributed by atoms with Crippen molar-refractivity contribution in [1.82, 2.24) is 9.88 Å². The number of hydrogen-bond donors (Lipinski definition) is 1. The summed E-state index contributed by atoms with van der Waals surface area (Å²) in [4.78, 5) is 24.0. The number of aldehydes is 1. The minimum Gasteiger partial charge on any atom is -0.490 e. The first-order valence-corrected chi connectivity index (χ1v) is 10.3. The van der Waals surface area contributed by atoms with Crippen LogP contribution < -0.4 is 14.8 Å². The molecule has 7 heteroatoms. The number of nitrogens with zero attached hydrogens (tertiary/aromatic N) is 1. The van der Waals surface area contributed by atoms with Crippen LogP contribution in [0.2, 0.25) is 0 Å². The van der Waals surface area contributed by atoms with Crippen molar-refractivity contribution in [2.75, 3.05) is 13.2 Å². The molecule has 2 aromatic carbocycles. The average Bonchev–Trinajstić information content (AvgIpc) is 2.88. The van der Waals surface area contributed by atoms with Gasteiger partial charge in [0, 0.05) is 33.6 Å². The molecule has 1 aliphatic heterocycles. The van der Waals surface area contributed by atoms with E-state index in [4.69, 9.17) is 9.47 Å². The molecule has 0 aliphatic carbocycles. The summed E-state index contributed by atoms with van der Waals surface area (Å²) in [6.07, 6.45) is 3.37. The van der Waals surface area contributed by atoms with E-state index in [-0.39, 0.29) is 18.5 Å². The van der Waals surface area contributed by atoms with Gasteiger partial charge in [0.25, 0.3) is 0 Å². The Kier molecular flexibility index (Phi) is 5.58. The molecule has 1 aliphatic rings. The molecule has 0 saturated heterocycles. The fourth-order valence-corrected chi connectivity index (χ4v) is 3.86. The Labute approximate surface area is 176 Å². The second-order valence-corrected chi connectivity index (χ2v) is 7.95. The van der Waals surface area contributed by atoms with Gasteiger partial charge in [0.1, 0.15) is 6.54 Å². The lowest BCUT2D eigenvalue weighted by atomic mass is 10.1. The largest absolute Gasteiger partial charge is 0.490 e. The molecule has 0 unspecified atom stereocenters. The average molecular weight is 457 g/mol. The molecular weight excluding hydrogens is 436 g/mol. The molecule has 1 aromatic heterocycles. The van der Waals surface area contributed by atoms with Gasteiger partial charge in [-0.2, -0.15) is 0 Å². The van der Waals surface area contributed by atoms with Crippen molar-refractivity contribution in [2.24, 2.45) is 0 Å². The third kappa shape index (κ3) is 4.15. The van der Waals surface area contributed by atoms with Gasteiger partial charge < -0.3 is 19.4 Å². The first-order valence-electron chi connectivity index (χ1n) is 9.47. The monoisotopic (exact) mass is 456 g/mol.